The average Bonchev–Trinajstić information content (AvgIpc) is 2.66. The number of carbonyl (C=O) groups excluding carboxylic acids is 1. The van der Waals surface area contributed by atoms with Gasteiger partial charge in [-0.1, -0.05) is 51.1 Å². The fourth-order valence-corrected chi connectivity index (χ4v) is 3.57. The molecule has 2 aromatic rings. The standard InChI is InChI=1S/C25H35NO3/c1-7-13-29-25(6,16-18(2)3)24(27)26-22-14-19(4)23(20(5)15-22)28-17-21-11-9-8-10-12-21/h8-12,14-15,18H,7,13,16-17H2,1-6H3,(H,26,27). The van der Waals surface area contributed by atoms with Crippen LogP contribution >= 0.6 is 0 Å². The van der Waals surface area contributed by atoms with E-state index >= 15 is 0 Å². The number of anilines is 1. The van der Waals surface area contributed by atoms with E-state index in [0.29, 0.717) is 25.6 Å². The van der Waals surface area contributed by atoms with Crippen molar-refractivity contribution in [3.05, 3.63) is 59.2 Å². The predicted octanol–water partition coefficient (Wildman–Crippen LogP) is 6.05. The van der Waals surface area contributed by atoms with Gasteiger partial charge in [-0.2, -0.15) is 0 Å². The molecule has 0 aliphatic heterocycles. The minimum atomic E-state index is -0.839. The van der Waals surface area contributed by atoms with E-state index in [1.807, 2.05) is 63.2 Å². The van der Waals surface area contributed by atoms with Crippen LogP contribution < -0.4 is 10.1 Å². The van der Waals surface area contributed by atoms with Gasteiger partial charge in [0.25, 0.3) is 5.91 Å². The molecule has 0 aliphatic carbocycles. The zero-order valence-electron chi connectivity index (χ0n) is 18.7. The predicted molar refractivity (Wildman–Crippen MR) is 119 cm³/mol. The normalized spacial score (nSPS) is 13.2. The molecule has 1 atom stereocenters. The summed E-state index contributed by atoms with van der Waals surface area (Å²) in [5.41, 5.74) is 3.05. The smallest absolute Gasteiger partial charge is 0.256 e. The maximum Gasteiger partial charge on any atom is 0.256 e. The van der Waals surface area contributed by atoms with Gasteiger partial charge in [0.1, 0.15) is 18.0 Å². The molecule has 0 fully saturated rings. The van der Waals surface area contributed by atoms with E-state index in [1.54, 1.807) is 0 Å². The second kappa shape index (κ2) is 10.4. The molecule has 1 unspecified atom stereocenters. The first kappa shape index (κ1) is 23.0. The van der Waals surface area contributed by atoms with Crippen molar-refractivity contribution in [1.82, 2.24) is 0 Å². The summed E-state index contributed by atoms with van der Waals surface area (Å²) in [5, 5.41) is 3.06. The Morgan fingerprint density at radius 3 is 2.28 bits per heavy atom. The number of amides is 1. The summed E-state index contributed by atoms with van der Waals surface area (Å²) in [6.45, 7) is 13.2. The van der Waals surface area contributed by atoms with Gasteiger partial charge in [-0.05, 0) is 68.4 Å². The molecule has 4 heteroatoms. The Hall–Kier alpha value is -2.33. The minimum Gasteiger partial charge on any atom is -0.488 e. The molecule has 1 N–H and O–H groups in total. The van der Waals surface area contributed by atoms with Crippen LogP contribution in [-0.2, 0) is 16.1 Å². The Balaban J connectivity index is 2.13. The molecule has 0 spiro atoms. The average molecular weight is 398 g/mol. The van der Waals surface area contributed by atoms with Crippen molar-refractivity contribution < 1.29 is 14.3 Å². The van der Waals surface area contributed by atoms with Crippen LogP contribution in [0.4, 0.5) is 5.69 Å². The SMILES string of the molecule is CCCOC(C)(CC(C)C)C(=O)Nc1cc(C)c(OCc2ccccc2)c(C)c1. The van der Waals surface area contributed by atoms with Crippen molar-refractivity contribution in [1.29, 1.82) is 0 Å². The summed E-state index contributed by atoms with van der Waals surface area (Å²) >= 11 is 0. The van der Waals surface area contributed by atoms with Crippen LogP contribution in [0, 0.1) is 19.8 Å². The van der Waals surface area contributed by atoms with Gasteiger partial charge >= 0.3 is 0 Å². The molecular weight excluding hydrogens is 362 g/mol. The van der Waals surface area contributed by atoms with Gasteiger partial charge in [0.2, 0.25) is 0 Å². The second-order valence-corrected chi connectivity index (χ2v) is 8.34. The fraction of sp³-hybridized carbons (Fsp3) is 0.480. The molecule has 0 saturated heterocycles. The van der Waals surface area contributed by atoms with Crippen LogP contribution in [0.3, 0.4) is 0 Å². The summed E-state index contributed by atoms with van der Waals surface area (Å²) in [4.78, 5) is 13.0. The zero-order valence-corrected chi connectivity index (χ0v) is 18.7. The Morgan fingerprint density at radius 2 is 1.72 bits per heavy atom. The highest BCUT2D eigenvalue weighted by molar-refractivity contribution is 5.97. The maximum atomic E-state index is 13.0. The molecule has 0 saturated carbocycles. The third-order valence-corrected chi connectivity index (χ3v) is 4.85. The first-order valence-corrected chi connectivity index (χ1v) is 10.5. The van der Waals surface area contributed by atoms with E-state index < -0.39 is 5.60 Å². The van der Waals surface area contributed by atoms with Crippen molar-refractivity contribution in [3.8, 4) is 5.75 Å². The van der Waals surface area contributed by atoms with Crippen LogP contribution in [0.2, 0.25) is 0 Å². The maximum absolute atomic E-state index is 13.0. The molecule has 0 aliphatic rings. The molecule has 2 rings (SSSR count). The van der Waals surface area contributed by atoms with Crippen molar-refractivity contribution >= 4 is 11.6 Å². The molecule has 0 aromatic heterocycles. The molecular formula is C25H35NO3. The molecule has 0 heterocycles. The lowest BCUT2D eigenvalue weighted by Crippen LogP contribution is -2.44. The van der Waals surface area contributed by atoms with E-state index in [2.05, 4.69) is 26.1 Å². The third kappa shape index (κ3) is 6.60. The lowest BCUT2D eigenvalue weighted by Gasteiger charge is -2.30. The number of aryl methyl sites for hydroxylation is 2. The van der Waals surface area contributed by atoms with Gasteiger partial charge in [0, 0.05) is 12.3 Å². The second-order valence-electron chi connectivity index (χ2n) is 8.34. The molecule has 1 amide bonds. The summed E-state index contributed by atoms with van der Waals surface area (Å²) in [6.07, 6.45) is 1.56. The van der Waals surface area contributed by atoms with E-state index in [9.17, 15) is 4.79 Å². The van der Waals surface area contributed by atoms with Crippen LogP contribution in [0.25, 0.3) is 0 Å². The molecule has 158 valence electrons. The summed E-state index contributed by atoms with van der Waals surface area (Å²) in [5.74, 6) is 1.12. The zero-order chi connectivity index (χ0) is 21.4. The fourth-order valence-electron chi connectivity index (χ4n) is 3.57. The highest BCUT2D eigenvalue weighted by atomic mass is 16.5. The number of hydrogen-bond donors (Lipinski definition) is 1. The largest absolute Gasteiger partial charge is 0.488 e. The topological polar surface area (TPSA) is 47.6 Å². The van der Waals surface area contributed by atoms with Gasteiger partial charge in [0.05, 0.1) is 0 Å². The van der Waals surface area contributed by atoms with Crippen LogP contribution in [0.1, 0.15) is 57.2 Å². The summed E-state index contributed by atoms with van der Waals surface area (Å²) in [6, 6.07) is 14.0. The number of ether oxygens (including phenoxy) is 2. The van der Waals surface area contributed by atoms with Crippen molar-refractivity contribution in [3.63, 3.8) is 0 Å². The first-order chi connectivity index (χ1) is 13.7. The van der Waals surface area contributed by atoms with Crippen LogP contribution in [0.15, 0.2) is 42.5 Å². The molecule has 29 heavy (non-hydrogen) atoms. The van der Waals surface area contributed by atoms with Gasteiger partial charge in [-0.15, -0.1) is 0 Å². The monoisotopic (exact) mass is 397 g/mol. The Labute approximate surface area is 175 Å². The van der Waals surface area contributed by atoms with Crippen molar-refractivity contribution in [2.45, 2.75) is 66.6 Å². The van der Waals surface area contributed by atoms with Gasteiger partial charge in [-0.3, -0.25) is 4.79 Å². The third-order valence-electron chi connectivity index (χ3n) is 4.85. The van der Waals surface area contributed by atoms with Gasteiger partial charge in [0.15, 0.2) is 0 Å². The lowest BCUT2D eigenvalue weighted by atomic mass is 9.92. The molecule has 2 aromatic carbocycles. The van der Waals surface area contributed by atoms with E-state index in [4.69, 9.17) is 9.47 Å². The highest BCUT2D eigenvalue weighted by Gasteiger charge is 2.35. The Bertz CT molecular complexity index is 778. The number of rotatable bonds is 10. The van der Waals surface area contributed by atoms with Gasteiger partial charge in [-0.25, -0.2) is 0 Å². The van der Waals surface area contributed by atoms with Gasteiger partial charge < -0.3 is 14.8 Å². The number of carbonyl (C=O) groups is 1. The number of benzene rings is 2. The quantitative estimate of drug-likeness (QED) is 0.531. The van der Waals surface area contributed by atoms with E-state index in [1.165, 1.54) is 0 Å². The molecule has 4 nitrogen and oxygen atoms in total. The van der Waals surface area contributed by atoms with Crippen LogP contribution in [0.5, 0.6) is 5.75 Å². The minimum absolute atomic E-state index is 0.101. The lowest BCUT2D eigenvalue weighted by molar-refractivity contribution is -0.141. The number of hydrogen-bond acceptors (Lipinski definition) is 3. The summed E-state index contributed by atoms with van der Waals surface area (Å²) in [7, 11) is 0. The Morgan fingerprint density at radius 1 is 1.10 bits per heavy atom. The van der Waals surface area contributed by atoms with E-state index in [-0.39, 0.29) is 5.91 Å². The number of nitrogens with one attached hydrogen (secondary N) is 1. The Kier molecular flexibility index (Phi) is 8.27. The van der Waals surface area contributed by atoms with Crippen LogP contribution in [-0.4, -0.2) is 18.1 Å². The van der Waals surface area contributed by atoms with Crippen molar-refractivity contribution in [2.24, 2.45) is 5.92 Å². The first-order valence-electron chi connectivity index (χ1n) is 10.5. The summed E-state index contributed by atoms with van der Waals surface area (Å²) < 4.78 is 12.0. The highest BCUT2D eigenvalue weighted by Crippen LogP contribution is 2.30. The van der Waals surface area contributed by atoms with Crippen molar-refractivity contribution in [2.75, 3.05) is 11.9 Å². The van der Waals surface area contributed by atoms with E-state index in [0.717, 1.165) is 34.5 Å². The molecule has 0 bridgehead atoms. The molecule has 0 radical (unpaired) electrons.